The Hall–Kier alpha value is -5.16. The predicted octanol–water partition coefficient (Wildman–Crippen LogP) is 9.93. The molecule has 0 saturated heterocycles. The first-order valence-corrected chi connectivity index (χ1v) is 14.2. The van der Waals surface area contributed by atoms with Gasteiger partial charge in [0.05, 0.1) is 17.6 Å². The second-order valence-corrected chi connectivity index (χ2v) is 10.7. The molecule has 0 bridgehead atoms. The lowest BCUT2D eigenvalue weighted by Crippen LogP contribution is -1.99. The standard InChI is InChI=1S/C37H33N3O2/c1-25(2)31-20-36(24-38-23-31)42-35-15-9-14-34(22-35)41-33-13-8-12-32(21-33)40-27(4)37(26(3)39-40)30-18-16-29(17-19-30)28-10-6-5-7-11-28/h5-25H,1-4H3. The lowest BCUT2D eigenvalue weighted by atomic mass is 9.99. The lowest BCUT2D eigenvalue weighted by Gasteiger charge is -2.12. The fourth-order valence-corrected chi connectivity index (χ4v) is 5.13. The van der Waals surface area contributed by atoms with E-state index >= 15 is 0 Å². The predicted molar refractivity (Wildman–Crippen MR) is 169 cm³/mol. The van der Waals surface area contributed by atoms with E-state index in [2.05, 4.69) is 81.2 Å². The first kappa shape index (κ1) is 27.0. The number of hydrogen-bond donors (Lipinski definition) is 0. The van der Waals surface area contributed by atoms with E-state index in [0.717, 1.165) is 39.5 Å². The van der Waals surface area contributed by atoms with Gasteiger partial charge in [0.1, 0.15) is 23.0 Å². The van der Waals surface area contributed by atoms with Gasteiger partial charge in [0.25, 0.3) is 0 Å². The molecule has 0 spiro atoms. The van der Waals surface area contributed by atoms with Gasteiger partial charge in [0, 0.05) is 29.6 Å². The Kier molecular flexibility index (Phi) is 7.56. The monoisotopic (exact) mass is 551 g/mol. The molecule has 42 heavy (non-hydrogen) atoms. The van der Waals surface area contributed by atoms with Crippen LogP contribution in [-0.4, -0.2) is 14.8 Å². The minimum atomic E-state index is 0.376. The Morgan fingerprint density at radius 3 is 1.93 bits per heavy atom. The molecule has 5 heteroatoms. The summed E-state index contributed by atoms with van der Waals surface area (Å²) in [7, 11) is 0. The van der Waals surface area contributed by atoms with Crippen molar-refractivity contribution >= 4 is 0 Å². The zero-order valence-electron chi connectivity index (χ0n) is 24.3. The second kappa shape index (κ2) is 11.8. The van der Waals surface area contributed by atoms with Crippen LogP contribution in [0.5, 0.6) is 23.0 Å². The molecule has 2 heterocycles. The van der Waals surface area contributed by atoms with Gasteiger partial charge in [0.15, 0.2) is 0 Å². The van der Waals surface area contributed by atoms with Gasteiger partial charge in [-0.2, -0.15) is 5.10 Å². The van der Waals surface area contributed by atoms with Crippen molar-refractivity contribution in [3.8, 4) is 50.9 Å². The number of pyridine rings is 1. The SMILES string of the molecule is Cc1nn(-c2cccc(Oc3cccc(Oc4cncc(C(C)C)c4)c3)c2)c(C)c1-c1ccc(-c2ccccc2)cc1. The van der Waals surface area contributed by atoms with Crippen LogP contribution in [-0.2, 0) is 0 Å². The fraction of sp³-hybridized carbons (Fsp3) is 0.135. The van der Waals surface area contributed by atoms with Crippen molar-refractivity contribution < 1.29 is 9.47 Å². The highest BCUT2D eigenvalue weighted by molar-refractivity contribution is 5.73. The van der Waals surface area contributed by atoms with E-state index in [4.69, 9.17) is 14.6 Å². The summed E-state index contributed by atoms with van der Waals surface area (Å²) in [6.45, 7) is 8.44. The van der Waals surface area contributed by atoms with E-state index in [1.165, 1.54) is 11.1 Å². The molecule has 0 unspecified atom stereocenters. The van der Waals surface area contributed by atoms with Gasteiger partial charge < -0.3 is 9.47 Å². The van der Waals surface area contributed by atoms with Gasteiger partial charge in [-0.3, -0.25) is 4.98 Å². The van der Waals surface area contributed by atoms with Crippen molar-refractivity contribution in [2.45, 2.75) is 33.6 Å². The molecule has 0 aliphatic rings. The molecule has 0 fully saturated rings. The van der Waals surface area contributed by atoms with Gasteiger partial charge in [-0.1, -0.05) is 80.6 Å². The Labute approximate surface area is 247 Å². The van der Waals surface area contributed by atoms with Crippen LogP contribution in [0.15, 0.2) is 122 Å². The van der Waals surface area contributed by atoms with E-state index in [-0.39, 0.29) is 0 Å². The molecule has 4 aromatic carbocycles. The summed E-state index contributed by atoms with van der Waals surface area (Å²) in [6.07, 6.45) is 3.60. The molecule has 0 amide bonds. The average Bonchev–Trinajstić information content (AvgIpc) is 3.31. The van der Waals surface area contributed by atoms with Crippen LogP contribution in [0.4, 0.5) is 0 Å². The van der Waals surface area contributed by atoms with E-state index in [9.17, 15) is 0 Å². The number of nitrogens with zero attached hydrogens (tertiary/aromatic N) is 3. The minimum absolute atomic E-state index is 0.376. The summed E-state index contributed by atoms with van der Waals surface area (Å²) < 4.78 is 14.3. The fourth-order valence-electron chi connectivity index (χ4n) is 5.13. The first-order chi connectivity index (χ1) is 20.4. The Bertz CT molecular complexity index is 1820. The van der Waals surface area contributed by atoms with E-state index < -0.39 is 0 Å². The highest BCUT2D eigenvalue weighted by Gasteiger charge is 2.15. The zero-order chi connectivity index (χ0) is 29.1. The van der Waals surface area contributed by atoms with Crippen LogP contribution in [0.1, 0.15) is 36.7 Å². The lowest BCUT2D eigenvalue weighted by molar-refractivity contribution is 0.458. The van der Waals surface area contributed by atoms with Crippen molar-refractivity contribution in [3.05, 3.63) is 139 Å². The van der Waals surface area contributed by atoms with Gasteiger partial charge in [-0.05, 0) is 72.4 Å². The topological polar surface area (TPSA) is 49.2 Å². The van der Waals surface area contributed by atoms with Crippen molar-refractivity contribution in [3.63, 3.8) is 0 Å². The Balaban J connectivity index is 1.22. The third-order valence-electron chi connectivity index (χ3n) is 7.31. The molecule has 0 N–H and O–H groups in total. The molecule has 6 aromatic rings. The molecular formula is C37H33N3O2. The molecule has 2 aromatic heterocycles. The largest absolute Gasteiger partial charge is 0.457 e. The molecule has 0 atom stereocenters. The highest BCUT2D eigenvalue weighted by atomic mass is 16.5. The minimum Gasteiger partial charge on any atom is -0.457 e. The van der Waals surface area contributed by atoms with Crippen LogP contribution in [0.3, 0.4) is 0 Å². The summed E-state index contributed by atoms with van der Waals surface area (Å²) in [5.41, 5.74) is 8.81. The molecular weight excluding hydrogens is 518 g/mol. The van der Waals surface area contributed by atoms with Gasteiger partial charge in [0.2, 0.25) is 0 Å². The van der Waals surface area contributed by atoms with E-state index in [1.54, 1.807) is 6.20 Å². The van der Waals surface area contributed by atoms with Gasteiger partial charge >= 0.3 is 0 Å². The maximum atomic E-state index is 6.26. The van der Waals surface area contributed by atoms with Gasteiger partial charge in [-0.25, -0.2) is 4.68 Å². The Morgan fingerprint density at radius 2 is 1.21 bits per heavy atom. The highest BCUT2D eigenvalue weighted by Crippen LogP contribution is 2.33. The molecule has 0 aliphatic carbocycles. The third kappa shape index (κ3) is 5.81. The summed E-state index contributed by atoms with van der Waals surface area (Å²) >= 11 is 0. The van der Waals surface area contributed by atoms with Crippen LogP contribution < -0.4 is 9.47 Å². The molecule has 208 valence electrons. The molecule has 0 saturated carbocycles. The normalized spacial score (nSPS) is 11.1. The smallest absolute Gasteiger partial charge is 0.145 e. The number of hydrogen-bond acceptors (Lipinski definition) is 4. The second-order valence-electron chi connectivity index (χ2n) is 10.7. The third-order valence-corrected chi connectivity index (χ3v) is 7.31. The van der Waals surface area contributed by atoms with Crippen molar-refractivity contribution in [1.82, 2.24) is 14.8 Å². The Morgan fingerprint density at radius 1 is 0.595 bits per heavy atom. The maximum absolute atomic E-state index is 6.26. The number of rotatable bonds is 8. The van der Waals surface area contributed by atoms with Gasteiger partial charge in [-0.15, -0.1) is 0 Å². The maximum Gasteiger partial charge on any atom is 0.145 e. The van der Waals surface area contributed by atoms with Crippen molar-refractivity contribution in [1.29, 1.82) is 0 Å². The molecule has 0 aliphatic heterocycles. The molecule has 5 nitrogen and oxygen atoms in total. The molecule has 6 rings (SSSR count). The van der Waals surface area contributed by atoms with Crippen LogP contribution in [0.25, 0.3) is 27.9 Å². The number of ether oxygens (including phenoxy) is 2. The quantitative estimate of drug-likeness (QED) is 0.189. The summed E-state index contributed by atoms with van der Waals surface area (Å²) in [5.74, 6) is 3.17. The molecule has 0 radical (unpaired) electrons. The zero-order valence-corrected chi connectivity index (χ0v) is 24.3. The van der Waals surface area contributed by atoms with Crippen molar-refractivity contribution in [2.75, 3.05) is 0 Å². The number of benzene rings is 4. The average molecular weight is 552 g/mol. The van der Waals surface area contributed by atoms with E-state index in [1.807, 2.05) is 71.5 Å². The van der Waals surface area contributed by atoms with Crippen LogP contribution in [0.2, 0.25) is 0 Å². The van der Waals surface area contributed by atoms with Crippen LogP contribution >= 0.6 is 0 Å². The number of aryl methyl sites for hydroxylation is 1. The van der Waals surface area contributed by atoms with Crippen molar-refractivity contribution in [2.24, 2.45) is 0 Å². The summed E-state index contributed by atoms with van der Waals surface area (Å²) in [4.78, 5) is 4.32. The van der Waals surface area contributed by atoms with E-state index in [0.29, 0.717) is 23.2 Å². The summed E-state index contributed by atoms with van der Waals surface area (Å²) in [5, 5.41) is 4.90. The first-order valence-electron chi connectivity index (χ1n) is 14.2. The number of aromatic nitrogens is 3. The summed E-state index contributed by atoms with van der Waals surface area (Å²) in [6, 6.07) is 36.8. The van der Waals surface area contributed by atoms with Crippen LogP contribution in [0, 0.1) is 13.8 Å².